The molecule has 9 heteroatoms. The van der Waals surface area contributed by atoms with Crippen LogP contribution in [-0.4, -0.2) is 29.9 Å². The summed E-state index contributed by atoms with van der Waals surface area (Å²) in [7, 11) is 0. The molecule has 1 fully saturated rings. The minimum absolute atomic E-state index is 0. The van der Waals surface area contributed by atoms with Crippen molar-refractivity contribution in [3.05, 3.63) is 18.2 Å². The Hall–Kier alpha value is -1.41. The molecule has 0 spiro atoms. The summed E-state index contributed by atoms with van der Waals surface area (Å²) in [6.07, 6.45) is 2.63. The lowest BCUT2D eigenvalue weighted by Crippen LogP contribution is -2.14. The first-order valence-electron chi connectivity index (χ1n) is 7.79. The van der Waals surface area contributed by atoms with Gasteiger partial charge in [-0.2, -0.15) is 0 Å². The second-order valence-electron chi connectivity index (χ2n) is 5.83. The molecule has 1 aliphatic heterocycles. The number of thiazole rings is 1. The van der Waals surface area contributed by atoms with Crippen LogP contribution in [-0.2, 0) is 9.59 Å². The zero-order chi connectivity index (χ0) is 16.2. The molecule has 1 unspecified atom stereocenters. The second kappa shape index (κ2) is 9.91. The Labute approximate surface area is 163 Å². The third kappa shape index (κ3) is 6.11. The van der Waals surface area contributed by atoms with Gasteiger partial charge in [-0.15, -0.1) is 24.8 Å². The van der Waals surface area contributed by atoms with E-state index in [4.69, 9.17) is 0 Å². The molecular weight excluding hydrogens is 383 g/mol. The van der Waals surface area contributed by atoms with Crippen molar-refractivity contribution in [1.29, 1.82) is 0 Å². The number of nitrogens with zero attached hydrogens (tertiary/aromatic N) is 1. The van der Waals surface area contributed by atoms with Crippen LogP contribution in [0.25, 0.3) is 10.2 Å². The third-order valence-electron chi connectivity index (χ3n) is 3.90. The minimum atomic E-state index is -0.140. The fourth-order valence-corrected chi connectivity index (χ4v) is 3.68. The van der Waals surface area contributed by atoms with Gasteiger partial charge in [0.1, 0.15) is 0 Å². The second-order valence-corrected chi connectivity index (χ2v) is 6.86. The maximum Gasteiger partial charge on any atom is 0.224 e. The number of hydrogen-bond donors (Lipinski definition) is 3. The van der Waals surface area contributed by atoms with Crippen molar-refractivity contribution in [2.24, 2.45) is 5.92 Å². The van der Waals surface area contributed by atoms with Gasteiger partial charge in [-0.3, -0.25) is 9.59 Å². The lowest BCUT2D eigenvalue weighted by molar-refractivity contribution is -0.116. The van der Waals surface area contributed by atoms with E-state index in [2.05, 4.69) is 20.9 Å². The fraction of sp³-hybridized carbons (Fsp3) is 0.438. The van der Waals surface area contributed by atoms with Gasteiger partial charge in [0, 0.05) is 19.0 Å². The number of hydrogen-bond acceptors (Lipinski definition) is 5. The summed E-state index contributed by atoms with van der Waals surface area (Å²) in [4.78, 5) is 27.5. The zero-order valence-corrected chi connectivity index (χ0v) is 16.3. The summed E-state index contributed by atoms with van der Waals surface area (Å²) in [6, 6.07) is 5.59. The molecule has 1 aromatic carbocycles. The van der Waals surface area contributed by atoms with Crippen molar-refractivity contribution < 1.29 is 9.59 Å². The SMILES string of the molecule is CC(=O)Nc1nc2ccc(NC(=O)CCC3CCNC3)cc2s1.Cl.Cl. The van der Waals surface area contributed by atoms with Crippen molar-refractivity contribution in [2.45, 2.75) is 26.2 Å². The van der Waals surface area contributed by atoms with Gasteiger partial charge in [0.2, 0.25) is 11.8 Å². The molecule has 0 radical (unpaired) electrons. The summed E-state index contributed by atoms with van der Waals surface area (Å²) in [5.41, 5.74) is 1.58. The monoisotopic (exact) mass is 404 g/mol. The number of benzene rings is 1. The average Bonchev–Trinajstić information content (AvgIpc) is 3.12. The molecule has 6 nitrogen and oxygen atoms in total. The molecule has 25 heavy (non-hydrogen) atoms. The van der Waals surface area contributed by atoms with Crippen LogP contribution in [0, 0.1) is 5.92 Å². The number of nitrogens with one attached hydrogen (secondary N) is 3. The average molecular weight is 405 g/mol. The molecule has 0 bridgehead atoms. The van der Waals surface area contributed by atoms with E-state index in [1.165, 1.54) is 18.3 Å². The first-order valence-corrected chi connectivity index (χ1v) is 8.60. The lowest BCUT2D eigenvalue weighted by atomic mass is 10.0. The molecule has 2 aromatic rings. The Morgan fingerprint density at radius 3 is 2.80 bits per heavy atom. The normalized spacial score (nSPS) is 16.0. The van der Waals surface area contributed by atoms with Gasteiger partial charge in [0.15, 0.2) is 5.13 Å². The van der Waals surface area contributed by atoms with Gasteiger partial charge in [-0.25, -0.2) is 4.98 Å². The quantitative estimate of drug-likeness (QED) is 0.712. The number of aromatic nitrogens is 1. The number of rotatable bonds is 5. The number of anilines is 2. The van der Waals surface area contributed by atoms with Gasteiger partial charge in [-0.1, -0.05) is 11.3 Å². The molecule has 3 N–H and O–H groups in total. The van der Waals surface area contributed by atoms with Crippen molar-refractivity contribution in [2.75, 3.05) is 23.7 Å². The fourth-order valence-electron chi connectivity index (χ4n) is 2.73. The predicted octanol–water partition coefficient (Wildman–Crippen LogP) is 3.43. The van der Waals surface area contributed by atoms with E-state index in [0.29, 0.717) is 17.5 Å². The molecule has 1 atom stereocenters. The van der Waals surface area contributed by atoms with Crippen molar-refractivity contribution >= 4 is 69.0 Å². The Balaban J connectivity index is 0.00000156. The molecule has 0 aliphatic carbocycles. The summed E-state index contributed by atoms with van der Waals surface area (Å²) >= 11 is 1.40. The van der Waals surface area contributed by atoms with Gasteiger partial charge >= 0.3 is 0 Å². The van der Waals surface area contributed by atoms with Crippen molar-refractivity contribution in [3.63, 3.8) is 0 Å². The molecule has 1 aromatic heterocycles. The highest BCUT2D eigenvalue weighted by molar-refractivity contribution is 7.22. The molecule has 0 saturated carbocycles. The van der Waals surface area contributed by atoms with E-state index in [-0.39, 0.29) is 36.6 Å². The van der Waals surface area contributed by atoms with E-state index >= 15 is 0 Å². The van der Waals surface area contributed by atoms with Gasteiger partial charge in [-0.05, 0) is 50.0 Å². The summed E-state index contributed by atoms with van der Waals surface area (Å²) in [5, 5.41) is 9.51. The Kier molecular flexibility index (Phi) is 8.58. The Bertz CT molecular complexity index is 732. The van der Waals surface area contributed by atoms with E-state index in [0.717, 1.165) is 41.8 Å². The molecule has 3 rings (SSSR count). The number of amides is 2. The van der Waals surface area contributed by atoms with Gasteiger partial charge in [0.25, 0.3) is 0 Å². The Morgan fingerprint density at radius 1 is 1.32 bits per heavy atom. The number of carbonyl (C=O) groups is 2. The van der Waals surface area contributed by atoms with E-state index in [1.807, 2.05) is 18.2 Å². The largest absolute Gasteiger partial charge is 0.326 e. The van der Waals surface area contributed by atoms with Gasteiger partial charge < -0.3 is 16.0 Å². The molecule has 1 aliphatic rings. The van der Waals surface area contributed by atoms with Crippen LogP contribution in [0.2, 0.25) is 0 Å². The molecule has 2 heterocycles. The lowest BCUT2D eigenvalue weighted by Gasteiger charge is -2.08. The van der Waals surface area contributed by atoms with Crippen molar-refractivity contribution in [1.82, 2.24) is 10.3 Å². The summed E-state index contributed by atoms with van der Waals surface area (Å²) < 4.78 is 0.937. The minimum Gasteiger partial charge on any atom is -0.326 e. The van der Waals surface area contributed by atoms with Crippen LogP contribution in [0.3, 0.4) is 0 Å². The first-order chi connectivity index (χ1) is 11.1. The van der Waals surface area contributed by atoms with E-state index < -0.39 is 0 Å². The number of halogens is 2. The van der Waals surface area contributed by atoms with Crippen LogP contribution >= 0.6 is 36.2 Å². The van der Waals surface area contributed by atoms with Gasteiger partial charge in [0.05, 0.1) is 10.2 Å². The highest BCUT2D eigenvalue weighted by Gasteiger charge is 2.16. The molecule has 138 valence electrons. The number of fused-ring (bicyclic) bond motifs is 1. The predicted molar refractivity (Wildman–Crippen MR) is 107 cm³/mol. The highest BCUT2D eigenvalue weighted by atomic mass is 35.5. The molecular formula is C16H22Cl2N4O2S. The maximum atomic E-state index is 12.1. The van der Waals surface area contributed by atoms with E-state index in [9.17, 15) is 9.59 Å². The summed E-state index contributed by atoms with van der Waals surface area (Å²) in [5.74, 6) is 0.520. The van der Waals surface area contributed by atoms with Crippen LogP contribution in [0.15, 0.2) is 18.2 Å². The maximum absolute atomic E-state index is 12.1. The topological polar surface area (TPSA) is 83.1 Å². The first kappa shape index (κ1) is 21.6. The van der Waals surface area contributed by atoms with Crippen LogP contribution in [0.4, 0.5) is 10.8 Å². The van der Waals surface area contributed by atoms with Crippen LogP contribution < -0.4 is 16.0 Å². The van der Waals surface area contributed by atoms with Crippen molar-refractivity contribution in [3.8, 4) is 0 Å². The Morgan fingerprint density at radius 2 is 2.12 bits per heavy atom. The molecule has 1 saturated heterocycles. The third-order valence-corrected chi connectivity index (χ3v) is 4.83. The molecule has 2 amide bonds. The van der Waals surface area contributed by atoms with Crippen LogP contribution in [0.5, 0.6) is 0 Å². The van der Waals surface area contributed by atoms with E-state index in [1.54, 1.807) is 0 Å². The smallest absolute Gasteiger partial charge is 0.224 e. The highest BCUT2D eigenvalue weighted by Crippen LogP contribution is 2.28. The number of carbonyl (C=O) groups excluding carboxylic acids is 2. The zero-order valence-electron chi connectivity index (χ0n) is 13.8. The summed E-state index contributed by atoms with van der Waals surface area (Å²) in [6.45, 7) is 3.54. The van der Waals surface area contributed by atoms with Crippen LogP contribution in [0.1, 0.15) is 26.2 Å². The standard InChI is InChI=1S/C16H20N4O2S.2ClH/c1-10(21)18-16-20-13-4-3-12(8-14(13)23-16)19-15(22)5-2-11-6-7-17-9-11;;/h3-4,8,11,17H,2,5-7,9H2,1H3,(H,19,22)(H,18,20,21);2*1H.